The standard InChI is InChI=1S/C31H23Cl2FN2O3/c1-35(29-26(32)8-5-9-27(29)33)31(38)30(37)25-18-36(17-20-10-12-22(34)13-11-20)28-15-14-23(16-24(25)28)39-19-21-6-3-2-4-7-21/h2-16,18H,17,19H2,1H3. The molecule has 0 fully saturated rings. The summed E-state index contributed by atoms with van der Waals surface area (Å²) in [5, 5.41) is 1.06. The largest absolute Gasteiger partial charge is 0.489 e. The van der Waals surface area contributed by atoms with Gasteiger partial charge in [0.25, 0.3) is 11.7 Å². The number of amides is 1. The number of aromatic nitrogens is 1. The Balaban J connectivity index is 1.52. The number of likely N-dealkylation sites (N-methyl/N-ethyl adjacent to an activating group) is 1. The summed E-state index contributed by atoms with van der Waals surface area (Å²) in [4.78, 5) is 28.1. The Bertz CT molecular complexity index is 1650. The van der Waals surface area contributed by atoms with E-state index in [1.807, 2.05) is 47.0 Å². The monoisotopic (exact) mass is 560 g/mol. The number of ether oxygens (including phenoxy) is 1. The fourth-order valence-electron chi connectivity index (χ4n) is 4.38. The van der Waals surface area contributed by atoms with E-state index in [9.17, 15) is 14.0 Å². The summed E-state index contributed by atoms with van der Waals surface area (Å²) in [5.41, 5.74) is 3.01. The Morgan fingerprint density at radius 1 is 0.872 bits per heavy atom. The van der Waals surface area contributed by atoms with Crippen LogP contribution >= 0.6 is 23.2 Å². The summed E-state index contributed by atoms with van der Waals surface area (Å²) >= 11 is 12.6. The van der Waals surface area contributed by atoms with Gasteiger partial charge in [0.15, 0.2) is 0 Å². The quantitative estimate of drug-likeness (QED) is 0.145. The first-order valence-electron chi connectivity index (χ1n) is 12.1. The second kappa shape index (κ2) is 11.3. The second-order valence-electron chi connectivity index (χ2n) is 9.01. The van der Waals surface area contributed by atoms with Crippen molar-refractivity contribution in [2.24, 2.45) is 0 Å². The van der Waals surface area contributed by atoms with E-state index in [0.717, 1.165) is 21.5 Å². The molecule has 1 aromatic heterocycles. The minimum absolute atomic E-state index is 0.206. The van der Waals surface area contributed by atoms with Crippen LogP contribution in [0.5, 0.6) is 5.75 Å². The van der Waals surface area contributed by atoms with Crippen molar-refractivity contribution in [3.05, 3.63) is 130 Å². The molecule has 0 saturated heterocycles. The first kappa shape index (κ1) is 26.5. The molecule has 0 aliphatic rings. The van der Waals surface area contributed by atoms with Gasteiger partial charge in [0.2, 0.25) is 0 Å². The molecular weight excluding hydrogens is 538 g/mol. The van der Waals surface area contributed by atoms with Crippen LogP contribution in [0, 0.1) is 5.82 Å². The van der Waals surface area contributed by atoms with Crippen molar-refractivity contribution >= 4 is 51.5 Å². The summed E-state index contributed by atoms with van der Waals surface area (Å²) < 4.78 is 21.3. The molecule has 1 heterocycles. The summed E-state index contributed by atoms with van der Waals surface area (Å²) in [6.07, 6.45) is 1.64. The normalized spacial score (nSPS) is 11.0. The Hall–Kier alpha value is -4.13. The molecule has 39 heavy (non-hydrogen) atoms. The van der Waals surface area contributed by atoms with E-state index >= 15 is 0 Å². The Morgan fingerprint density at radius 3 is 2.26 bits per heavy atom. The van der Waals surface area contributed by atoms with Crippen LogP contribution in [0.1, 0.15) is 21.5 Å². The van der Waals surface area contributed by atoms with Crippen molar-refractivity contribution in [2.75, 3.05) is 11.9 Å². The average Bonchev–Trinajstić information content (AvgIpc) is 3.30. The maximum atomic E-state index is 13.6. The molecule has 5 rings (SSSR count). The number of fused-ring (bicyclic) bond motifs is 1. The molecule has 0 N–H and O–H groups in total. The molecule has 0 aliphatic carbocycles. The molecular formula is C31H23Cl2FN2O3. The highest BCUT2D eigenvalue weighted by molar-refractivity contribution is 6.50. The molecule has 4 aromatic carbocycles. The Kier molecular flexibility index (Phi) is 7.68. The number of carbonyl (C=O) groups excluding carboxylic acids is 2. The van der Waals surface area contributed by atoms with Crippen LogP contribution in [0.25, 0.3) is 10.9 Å². The van der Waals surface area contributed by atoms with E-state index in [-0.39, 0.29) is 27.1 Å². The first-order chi connectivity index (χ1) is 18.8. The van der Waals surface area contributed by atoms with Crippen molar-refractivity contribution in [3.63, 3.8) is 0 Å². The number of nitrogens with zero attached hydrogens (tertiary/aromatic N) is 2. The molecule has 0 atom stereocenters. The topological polar surface area (TPSA) is 51.5 Å². The van der Waals surface area contributed by atoms with Gasteiger partial charge in [-0.1, -0.05) is 71.7 Å². The zero-order valence-electron chi connectivity index (χ0n) is 20.9. The number of hydrogen-bond donors (Lipinski definition) is 0. The predicted octanol–water partition coefficient (Wildman–Crippen LogP) is 7.56. The molecule has 0 aliphatic heterocycles. The summed E-state index contributed by atoms with van der Waals surface area (Å²) in [7, 11) is 1.46. The highest BCUT2D eigenvalue weighted by atomic mass is 35.5. The lowest BCUT2D eigenvalue weighted by Crippen LogP contribution is -2.33. The molecule has 0 unspecified atom stereocenters. The highest BCUT2D eigenvalue weighted by Gasteiger charge is 2.28. The number of hydrogen-bond acceptors (Lipinski definition) is 3. The second-order valence-corrected chi connectivity index (χ2v) is 9.83. The van der Waals surface area contributed by atoms with E-state index in [2.05, 4.69) is 0 Å². The van der Waals surface area contributed by atoms with Gasteiger partial charge >= 0.3 is 0 Å². The van der Waals surface area contributed by atoms with Crippen LogP contribution < -0.4 is 9.64 Å². The van der Waals surface area contributed by atoms with Gasteiger partial charge in [-0.3, -0.25) is 9.59 Å². The zero-order chi connectivity index (χ0) is 27.5. The van der Waals surface area contributed by atoms with Crippen molar-refractivity contribution in [3.8, 4) is 5.75 Å². The van der Waals surface area contributed by atoms with E-state index in [1.54, 1.807) is 42.6 Å². The third kappa shape index (κ3) is 5.67. The van der Waals surface area contributed by atoms with Crippen LogP contribution in [0.2, 0.25) is 10.0 Å². The minimum Gasteiger partial charge on any atom is -0.489 e. The van der Waals surface area contributed by atoms with Crippen molar-refractivity contribution in [1.82, 2.24) is 4.57 Å². The molecule has 0 saturated carbocycles. The van der Waals surface area contributed by atoms with Gasteiger partial charge in [0, 0.05) is 30.7 Å². The molecule has 0 spiro atoms. The lowest BCUT2D eigenvalue weighted by Gasteiger charge is -2.19. The van der Waals surface area contributed by atoms with Crippen LogP contribution in [0.3, 0.4) is 0 Å². The smallest absolute Gasteiger partial charge is 0.299 e. The summed E-state index contributed by atoms with van der Waals surface area (Å²) in [6, 6.07) is 26.1. The summed E-state index contributed by atoms with van der Waals surface area (Å²) in [6.45, 7) is 0.716. The predicted molar refractivity (Wildman–Crippen MR) is 152 cm³/mol. The molecule has 0 radical (unpaired) electrons. The Labute approximate surface area is 234 Å². The number of halogens is 3. The van der Waals surface area contributed by atoms with E-state index < -0.39 is 11.7 Å². The lowest BCUT2D eigenvalue weighted by molar-refractivity contribution is -0.114. The third-order valence-electron chi connectivity index (χ3n) is 6.38. The molecule has 5 aromatic rings. The molecule has 5 nitrogen and oxygen atoms in total. The summed E-state index contributed by atoms with van der Waals surface area (Å²) in [5.74, 6) is -1.30. The molecule has 1 amide bonds. The van der Waals surface area contributed by atoms with Gasteiger partial charge in [-0.15, -0.1) is 0 Å². The number of carbonyl (C=O) groups is 2. The van der Waals surface area contributed by atoms with Gasteiger partial charge in [-0.2, -0.15) is 0 Å². The van der Waals surface area contributed by atoms with Crippen LogP contribution in [-0.2, 0) is 17.9 Å². The molecule has 196 valence electrons. The molecule has 8 heteroatoms. The van der Waals surface area contributed by atoms with E-state index in [1.165, 1.54) is 19.2 Å². The van der Waals surface area contributed by atoms with Gasteiger partial charge < -0.3 is 14.2 Å². The number of Topliss-reactive ketones (excluding diaryl/α,β-unsaturated/α-hetero) is 1. The number of ketones is 1. The first-order valence-corrected chi connectivity index (χ1v) is 12.9. The Morgan fingerprint density at radius 2 is 1.56 bits per heavy atom. The van der Waals surface area contributed by atoms with Crippen LogP contribution in [-0.4, -0.2) is 23.3 Å². The average molecular weight is 561 g/mol. The van der Waals surface area contributed by atoms with Crippen LogP contribution in [0.15, 0.2) is 97.2 Å². The highest BCUT2D eigenvalue weighted by Crippen LogP contribution is 2.34. The molecule has 0 bridgehead atoms. The van der Waals surface area contributed by atoms with E-state index in [4.69, 9.17) is 27.9 Å². The number of benzene rings is 4. The van der Waals surface area contributed by atoms with Gasteiger partial charge in [-0.05, 0) is 53.6 Å². The van der Waals surface area contributed by atoms with Gasteiger partial charge in [0.05, 0.1) is 21.3 Å². The van der Waals surface area contributed by atoms with Crippen molar-refractivity contribution in [2.45, 2.75) is 13.2 Å². The fourth-order valence-corrected chi connectivity index (χ4v) is 5.03. The number of rotatable bonds is 8. The van der Waals surface area contributed by atoms with Gasteiger partial charge in [-0.25, -0.2) is 4.39 Å². The SMILES string of the molecule is CN(C(=O)C(=O)c1cn(Cc2ccc(F)cc2)c2ccc(OCc3ccccc3)cc12)c1c(Cl)cccc1Cl. The maximum absolute atomic E-state index is 13.6. The van der Waals surface area contributed by atoms with Crippen LogP contribution in [0.4, 0.5) is 10.1 Å². The lowest BCUT2D eigenvalue weighted by atomic mass is 10.1. The van der Waals surface area contributed by atoms with E-state index in [0.29, 0.717) is 24.3 Å². The number of anilines is 1. The van der Waals surface area contributed by atoms with Crippen molar-refractivity contribution in [1.29, 1.82) is 0 Å². The minimum atomic E-state index is -0.790. The fraction of sp³-hybridized carbons (Fsp3) is 0.0968. The van der Waals surface area contributed by atoms with Crippen molar-refractivity contribution < 1.29 is 18.7 Å². The van der Waals surface area contributed by atoms with Gasteiger partial charge in [0.1, 0.15) is 18.2 Å². The zero-order valence-corrected chi connectivity index (χ0v) is 22.4. The number of para-hydroxylation sites is 1. The maximum Gasteiger partial charge on any atom is 0.299 e. The third-order valence-corrected chi connectivity index (χ3v) is 6.99.